The van der Waals surface area contributed by atoms with Crippen LogP contribution in [-0.4, -0.2) is 37.8 Å². The van der Waals surface area contributed by atoms with E-state index < -0.39 is 5.91 Å². The summed E-state index contributed by atoms with van der Waals surface area (Å²) in [5, 5.41) is 3.22. The van der Waals surface area contributed by atoms with E-state index in [-0.39, 0.29) is 42.6 Å². The molecule has 0 saturated carbocycles. The average molecular weight is 451 g/mol. The van der Waals surface area contributed by atoms with Gasteiger partial charge in [-0.2, -0.15) is 0 Å². The predicted molar refractivity (Wildman–Crippen MR) is 124 cm³/mol. The van der Waals surface area contributed by atoms with Gasteiger partial charge in [-0.05, 0) is 42.0 Å². The lowest BCUT2D eigenvalue weighted by Crippen LogP contribution is -2.38. The largest absolute Gasteiger partial charge is 0.485 e. The van der Waals surface area contributed by atoms with Gasteiger partial charge in [-0.3, -0.25) is 14.4 Å². The molecule has 3 aromatic rings. The molecule has 2 amide bonds. The lowest BCUT2D eigenvalue weighted by atomic mass is 10.1. The first-order chi connectivity index (χ1) is 15.4. The summed E-state index contributed by atoms with van der Waals surface area (Å²) in [7, 11) is 1.65. The molecule has 164 valence electrons. The number of likely N-dealkylation sites (N-methyl/N-ethyl adjacent to an activating group) is 1. The molecule has 1 N–H and O–H groups in total. The zero-order valence-electron chi connectivity index (χ0n) is 17.6. The van der Waals surface area contributed by atoms with E-state index in [1.165, 1.54) is 4.90 Å². The number of carbonyl (C=O) groups is 3. The topological polar surface area (TPSA) is 75.7 Å². The van der Waals surface area contributed by atoms with E-state index in [0.717, 1.165) is 11.3 Å². The summed E-state index contributed by atoms with van der Waals surface area (Å²) in [6, 6.07) is 22.8. The van der Waals surface area contributed by atoms with Crippen molar-refractivity contribution in [2.24, 2.45) is 0 Å². The van der Waals surface area contributed by atoms with Crippen molar-refractivity contribution >= 4 is 34.9 Å². The van der Waals surface area contributed by atoms with Crippen molar-refractivity contribution in [1.82, 2.24) is 5.32 Å². The van der Waals surface area contributed by atoms with Gasteiger partial charge in [0.25, 0.3) is 5.91 Å². The molecule has 0 fully saturated rings. The van der Waals surface area contributed by atoms with Crippen LogP contribution in [0.2, 0.25) is 5.02 Å². The normalized spacial score (nSPS) is 10.3. The Labute approximate surface area is 191 Å². The standard InChI is InChI=1S/C25H23ClN2O4/c1-28(20-7-3-2-4-8-20)24(30)16-27-25(31)22-9-5-6-10-23(22)32-17-21(29)15-18-11-13-19(26)14-12-18/h2-14H,15-17H2,1H3,(H,27,31). The zero-order valence-corrected chi connectivity index (χ0v) is 18.3. The first-order valence-electron chi connectivity index (χ1n) is 10.0. The summed E-state index contributed by atoms with van der Waals surface area (Å²) < 4.78 is 5.61. The van der Waals surface area contributed by atoms with E-state index in [1.807, 2.05) is 30.3 Å². The average Bonchev–Trinajstić information content (AvgIpc) is 2.82. The fraction of sp³-hybridized carbons (Fsp3) is 0.160. The third kappa shape index (κ3) is 6.43. The minimum Gasteiger partial charge on any atom is -0.485 e. The lowest BCUT2D eigenvalue weighted by Gasteiger charge is -2.18. The molecule has 0 radical (unpaired) electrons. The summed E-state index contributed by atoms with van der Waals surface area (Å²) in [5.41, 5.74) is 1.81. The summed E-state index contributed by atoms with van der Waals surface area (Å²) in [4.78, 5) is 38.8. The molecular weight excluding hydrogens is 428 g/mol. The van der Waals surface area contributed by atoms with Crippen LogP contribution in [0, 0.1) is 0 Å². The van der Waals surface area contributed by atoms with Gasteiger partial charge in [0.15, 0.2) is 5.78 Å². The number of halogens is 1. The van der Waals surface area contributed by atoms with Gasteiger partial charge in [0.2, 0.25) is 5.91 Å². The van der Waals surface area contributed by atoms with E-state index >= 15 is 0 Å². The number of para-hydroxylation sites is 2. The molecule has 0 aliphatic heterocycles. The summed E-state index contributed by atoms with van der Waals surface area (Å²) in [6.07, 6.45) is 0.200. The van der Waals surface area contributed by atoms with Crippen LogP contribution in [0.15, 0.2) is 78.9 Å². The Morgan fingerprint density at radius 3 is 2.28 bits per heavy atom. The maximum absolute atomic E-state index is 12.6. The van der Waals surface area contributed by atoms with Crippen LogP contribution in [0.4, 0.5) is 5.69 Å². The van der Waals surface area contributed by atoms with Crippen molar-refractivity contribution in [1.29, 1.82) is 0 Å². The van der Waals surface area contributed by atoms with E-state index in [0.29, 0.717) is 5.02 Å². The number of carbonyl (C=O) groups excluding carboxylic acids is 3. The van der Waals surface area contributed by atoms with Gasteiger partial charge in [0, 0.05) is 24.2 Å². The molecule has 0 aromatic heterocycles. The quantitative estimate of drug-likeness (QED) is 0.536. The first-order valence-corrected chi connectivity index (χ1v) is 10.4. The molecule has 32 heavy (non-hydrogen) atoms. The van der Waals surface area contributed by atoms with Gasteiger partial charge in [-0.1, -0.05) is 54.1 Å². The molecule has 0 atom stereocenters. The number of ketones is 1. The Morgan fingerprint density at radius 1 is 0.906 bits per heavy atom. The number of anilines is 1. The second-order valence-electron chi connectivity index (χ2n) is 7.10. The zero-order chi connectivity index (χ0) is 22.9. The van der Waals surface area contributed by atoms with Crippen molar-refractivity contribution in [3.63, 3.8) is 0 Å². The van der Waals surface area contributed by atoms with Crippen LogP contribution in [0.3, 0.4) is 0 Å². The Kier molecular flexibility index (Phi) is 8.00. The lowest BCUT2D eigenvalue weighted by molar-refractivity contribution is -0.120. The maximum Gasteiger partial charge on any atom is 0.255 e. The van der Waals surface area contributed by atoms with Crippen molar-refractivity contribution in [2.45, 2.75) is 6.42 Å². The third-order valence-corrected chi connectivity index (χ3v) is 5.00. The number of benzene rings is 3. The van der Waals surface area contributed by atoms with Crippen molar-refractivity contribution in [3.8, 4) is 5.75 Å². The van der Waals surface area contributed by atoms with Gasteiger partial charge in [0.1, 0.15) is 12.4 Å². The van der Waals surface area contributed by atoms with E-state index in [1.54, 1.807) is 55.6 Å². The molecule has 0 saturated heterocycles. The highest BCUT2D eigenvalue weighted by molar-refractivity contribution is 6.30. The van der Waals surface area contributed by atoms with E-state index in [2.05, 4.69) is 5.32 Å². The predicted octanol–water partition coefficient (Wildman–Crippen LogP) is 3.92. The SMILES string of the molecule is CN(C(=O)CNC(=O)c1ccccc1OCC(=O)Cc1ccc(Cl)cc1)c1ccccc1. The van der Waals surface area contributed by atoms with Crippen molar-refractivity contribution in [2.75, 3.05) is 25.1 Å². The fourth-order valence-corrected chi connectivity index (χ4v) is 3.11. The van der Waals surface area contributed by atoms with Crippen LogP contribution in [0.25, 0.3) is 0 Å². The Bertz CT molecular complexity index is 1080. The van der Waals surface area contributed by atoms with Crippen LogP contribution in [-0.2, 0) is 16.0 Å². The smallest absolute Gasteiger partial charge is 0.255 e. The number of ether oxygens (including phenoxy) is 1. The highest BCUT2D eigenvalue weighted by Gasteiger charge is 2.16. The maximum atomic E-state index is 12.6. The summed E-state index contributed by atoms with van der Waals surface area (Å²) in [6.45, 7) is -0.351. The van der Waals surface area contributed by atoms with Crippen molar-refractivity contribution < 1.29 is 19.1 Å². The summed E-state index contributed by atoms with van der Waals surface area (Å²) in [5.74, 6) is -0.581. The monoisotopic (exact) mass is 450 g/mol. The third-order valence-electron chi connectivity index (χ3n) is 4.75. The van der Waals surface area contributed by atoms with Crippen molar-refractivity contribution in [3.05, 3.63) is 95.0 Å². The molecular formula is C25H23ClN2O4. The Hall–Kier alpha value is -3.64. The van der Waals surface area contributed by atoms with Crippen LogP contribution in [0.1, 0.15) is 15.9 Å². The molecule has 6 nitrogen and oxygen atoms in total. The van der Waals surface area contributed by atoms with Gasteiger partial charge in [0.05, 0.1) is 12.1 Å². The summed E-state index contributed by atoms with van der Waals surface area (Å²) >= 11 is 5.86. The molecule has 0 bridgehead atoms. The Morgan fingerprint density at radius 2 is 1.56 bits per heavy atom. The van der Waals surface area contributed by atoms with E-state index in [4.69, 9.17) is 16.3 Å². The number of Topliss-reactive ketones (excluding diaryl/α,β-unsaturated/α-hetero) is 1. The number of nitrogens with zero attached hydrogens (tertiary/aromatic N) is 1. The number of rotatable bonds is 9. The molecule has 3 rings (SSSR count). The number of amides is 2. The highest BCUT2D eigenvalue weighted by Crippen LogP contribution is 2.18. The Balaban J connectivity index is 1.55. The van der Waals surface area contributed by atoms with E-state index in [9.17, 15) is 14.4 Å². The minimum absolute atomic E-state index is 0.137. The van der Waals surface area contributed by atoms with Crippen LogP contribution < -0.4 is 15.0 Å². The van der Waals surface area contributed by atoms with Gasteiger partial charge in [-0.25, -0.2) is 0 Å². The number of hydrogen-bond acceptors (Lipinski definition) is 4. The van der Waals surface area contributed by atoms with Gasteiger partial charge >= 0.3 is 0 Å². The molecule has 7 heteroatoms. The first kappa shape index (κ1) is 23.0. The number of nitrogens with one attached hydrogen (secondary N) is 1. The molecule has 0 heterocycles. The van der Waals surface area contributed by atoms with Crippen LogP contribution >= 0.6 is 11.6 Å². The minimum atomic E-state index is -0.458. The van der Waals surface area contributed by atoms with Crippen LogP contribution in [0.5, 0.6) is 5.75 Å². The fourth-order valence-electron chi connectivity index (χ4n) is 2.98. The number of hydrogen-bond donors (Lipinski definition) is 1. The molecule has 0 aliphatic carbocycles. The second kappa shape index (κ2) is 11.1. The second-order valence-corrected chi connectivity index (χ2v) is 7.53. The molecule has 0 spiro atoms. The van der Waals surface area contributed by atoms with Gasteiger partial charge < -0.3 is 15.0 Å². The molecule has 3 aromatic carbocycles. The van der Waals surface area contributed by atoms with Gasteiger partial charge in [-0.15, -0.1) is 0 Å². The highest BCUT2D eigenvalue weighted by atomic mass is 35.5. The molecule has 0 unspecified atom stereocenters. The molecule has 0 aliphatic rings.